The third kappa shape index (κ3) is 6.42. The van der Waals surface area contributed by atoms with Crippen LogP contribution in [-0.2, 0) is 4.79 Å². The average molecular weight is 561 g/mol. The molecule has 0 spiro atoms. The van der Waals surface area contributed by atoms with Crippen molar-refractivity contribution in [3.05, 3.63) is 103 Å². The number of likely N-dealkylation sites (N-methyl/N-ethyl adjacent to an activating group) is 2. The van der Waals surface area contributed by atoms with Gasteiger partial charge in [-0.25, -0.2) is 4.98 Å². The minimum absolute atomic E-state index is 0.0802. The van der Waals surface area contributed by atoms with Crippen LogP contribution < -0.4 is 19.7 Å². The summed E-state index contributed by atoms with van der Waals surface area (Å²) in [6.45, 7) is 0.767. The van der Waals surface area contributed by atoms with Crippen LogP contribution in [0.3, 0.4) is 0 Å². The molecule has 2 N–H and O–H groups in total. The largest absolute Gasteiger partial charge is 0.457 e. The smallest absolute Gasteiger partial charge is 0.250 e. The molecule has 1 aliphatic rings. The molecule has 1 aliphatic carbocycles. The number of pyridine rings is 1. The van der Waals surface area contributed by atoms with Crippen molar-refractivity contribution in [2.24, 2.45) is 0 Å². The number of benzene rings is 3. The number of hydrogen-bond donors (Lipinski definition) is 2. The number of rotatable bonds is 11. The molecule has 0 saturated heterocycles. The second kappa shape index (κ2) is 12.2. The highest BCUT2D eigenvalue weighted by Crippen LogP contribution is 2.35. The summed E-state index contributed by atoms with van der Waals surface area (Å²) >= 11 is 0. The van der Waals surface area contributed by atoms with Gasteiger partial charge in [0.1, 0.15) is 34.2 Å². The summed E-state index contributed by atoms with van der Waals surface area (Å²) in [5, 5.41) is 11.5. The Kier molecular flexibility index (Phi) is 7.83. The van der Waals surface area contributed by atoms with Crippen molar-refractivity contribution in [1.82, 2.24) is 20.1 Å². The molecule has 1 saturated carbocycles. The Hall–Kier alpha value is -5.15. The fourth-order valence-corrected chi connectivity index (χ4v) is 4.58. The number of para-hydroxylation sites is 1. The number of hydrogen-bond acceptors (Lipinski definition) is 7. The van der Waals surface area contributed by atoms with Gasteiger partial charge in [0, 0.05) is 49.3 Å². The summed E-state index contributed by atoms with van der Waals surface area (Å²) in [5.74, 6) is 3.27. The van der Waals surface area contributed by atoms with Gasteiger partial charge in [0.25, 0.3) is 0 Å². The van der Waals surface area contributed by atoms with Crippen LogP contribution in [0.15, 0.2) is 103 Å². The summed E-state index contributed by atoms with van der Waals surface area (Å²) in [7, 11) is 3.86. The molecule has 1 amide bonds. The molecule has 2 heterocycles. The van der Waals surface area contributed by atoms with E-state index >= 15 is 0 Å². The highest BCUT2D eigenvalue weighted by atomic mass is 16.5. The van der Waals surface area contributed by atoms with Gasteiger partial charge in [-0.05, 0) is 74.5 Å². The number of H-pyrrole nitrogens is 1. The molecular weight excluding hydrogens is 528 g/mol. The van der Waals surface area contributed by atoms with Gasteiger partial charge in [-0.2, -0.15) is 5.10 Å². The van der Waals surface area contributed by atoms with E-state index in [-0.39, 0.29) is 5.91 Å². The number of aromatic nitrogens is 3. The predicted molar refractivity (Wildman–Crippen MR) is 165 cm³/mol. The predicted octanol–water partition coefficient (Wildman–Crippen LogP) is 6.90. The molecular formula is C33H32N6O3. The topological polar surface area (TPSA) is 95.6 Å². The lowest BCUT2D eigenvalue weighted by Crippen LogP contribution is -2.25. The quantitative estimate of drug-likeness (QED) is 0.170. The highest BCUT2D eigenvalue weighted by Gasteiger charge is 2.25. The first kappa shape index (κ1) is 27.0. The molecule has 212 valence electrons. The van der Waals surface area contributed by atoms with Gasteiger partial charge in [-0.3, -0.25) is 14.8 Å². The van der Waals surface area contributed by atoms with Crippen LogP contribution in [0.25, 0.3) is 11.0 Å². The van der Waals surface area contributed by atoms with Crippen molar-refractivity contribution in [3.8, 4) is 23.0 Å². The standard InChI is InChI=1S/C33H32N6O3/c1-38(24-13-14-24)21-7-12-30(40)39(2)25-9-6-8-23(22-25)35-33-31-29(19-20-34-32(31)36-37-33)42-28-17-15-27(16-18-28)41-26-10-4-3-5-11-26/h3-12,15-20,22,24H,13-14,21H2,1-2H3,(H2,34,35,36,37). The van der Waals surface area contributed by atoms with Crippen LogP contribution in [0, 0.1) is 0 Å². The Labute approximate surface area is 244 Å². The monoisotopic (exact) mass is 560 g/mol. The summed E-state index contributed by atoms with van der Waals surface area (Å²) in [5.41, 5.74) is 2.07. The number of anilines is 3. The number of nitrogens with one attached hydrogen (secondary N) is 2. The van der Waals surface area contributed by atoms with Crippen LogP contribution >= 0.6 is 0 Å². The van der Waals surface area contributed by atoms with Crippen LogP contribution in [0.5, 0.6) is 23.0 Å². The summed E-state index contributed by atoms with van der Waals surface area (Å²) < 4.78 is 12.1. The van der Waals surface area contributed by atoms with Crippen LogP contribution in [0.2, 0.25) is 0 Å². The molecule has 42 heavy (non-hydrogen) atoms. The van der Waals surface area contributed by atoms with E-state index in [2.05, 4.69) is 32.4 Å². The van der Waals surface area contributed by atoms with E-state index in [1.54, 1.807) is 30.3 Å². The first-order valence-corrected chi connectivity index (χ1v) is 13.9. The van der Waals surface area contributed by atoms with Gasteiger partial charge in [-0.1, -0.05) is 30.3 Å². The molecule has 5 aromatic rings. The number of carbonyl (C=O) groups is 1. The second-order valence-corrected chi connectivity index (χ2v) is 10.2. The van der Waals surface area contributed by atoms with E-state index < -0.39 is 0 Å². The first-order chi connectivity index (χ1) is 20.5. The van der Waals surface area contributed by atoms with Crippen molar-refractivity contribution in [2.75, 3.05) is 30.9 Å². The van der Waals surface area contributed by atoms with Gasteiger partial charge in [0.15, 0.2) is 5.65 Å². The van der Waals surface area contributed by atoms with E-state index in [1.807, 2.05) is 84.9 Å². The maximum Gasteiger partial charge on any atom is 0.250 e. The van der Waals surface area contributed by atoms with Gasteiger partial charge in [0.2, 0.25) is 5.91 Å². The van der Waals surface area contributed by atoms with E-state index in [0.29, 0.717) is 40.1 Å². The highest BCUT2D eigenvalue weighted by molar-refractivity contribution is 6.01. The molecule has 0 unspecified atom stereocenters. The maximum absolute atomic E-state index is 12.8. The molecule has 0 atom stereocenters. The number of ether oxygens (including phenoxy) is 2. The average Bonchev–Trinajstić information content (AvgIpc) is 3.79. The number of amides is 1. The lowest BCUT2D eigenvalue weighted by Gasteiger charge is -2.17. The summed E-state index contributed by atoms with van der Waals surface area (Å²) in [6.07, 6.45) is 7.70. The second-order valence-electron chi connectivity index (χ2n) is 10.2. The van der Waals surface area contributed by atoms with Gasteiger partial charge in [0.05, 0.1) is 0 Å². The van der Waals surface area contributed by atoms with Crippen molar-refractivity contribution >= 4 is 34.1 Å². The van der Waals surface area contributed by atoms with Crippen molar-refractivity contribution in [3.63, 3.8) is 0 Å². The van der Waals surface area contributed by atoms with Crippen LogP contribution in [-0.4, -0.2) is 52.7 Å². The van der Waals surface area contributed by atoms with Gasteiger partial charge in [-0.15, -0.1) is 0 Å². The van der Waals surface area contributed by atoms with E-state index in [0.717, 1.165) is 23.7 Å². The Morgan fingerprint density at radius 2 is 1.69 bits per heavy atom. The SMILES string of the molecule is CN(C(=O)C=CCN(C)C1CC1)c1cccc(Nc2[nH]nc3nccc(Oc4ccc(Oc5ccccc5)cc4)c23)c1. The lowest BCUT2D eigenvalue weighted by atomic mass is 10.2. The molecule has 1 fully saturated rings. The van der Waals surface area contributed by atoms with Crippen LogP contribution in [0.4, 0.5) is 17.2 Å². The lowest BCUT2D eigenvalue weighted by molar-refractivity contribution is -0.113. The number of nitrogens with zero attached hydrogens (tertiary/aromatic N) is 4. The molecule has 2 aromatic heterocycles. The number of aromatic amines is 1. The van der Waals surface area contributed by atoms with Crippen molar-refractivity contribution in [1.29, 1.82) is 0 Å². The fraction of sp³-hybridized carbons (Fsp3) is 0.182. The zero-order valence-electron chi connectivity index (χ0n) is 23.5. The van der Waals surface area contributed by atoms with E-state index in [9.17, 15) is 4.79 Å². The third-order valence-corrected chi connectivity index (χ3v) is 7.10. The van der Waals surface area contributed by atoms with E-state index in [4.69, 9.17) is 9.47 Å². The van der Waals surface area contributed by atoms with Gasteiger partial charge < -0.3 is 19.7 Å². The normalized spacial score (nSPS) is 13.0. The fourth-order valence-electron chi connectivity index (χ4n) is 4.58. The first-order valence-electron chi connectivity index (χ1n) is 13.9. The summed E-state index contributed by atoms with van der Waals surface area (Å²) in [4.78, 5) is 21.1. The van der Waals surface area contributed by atoms with Crippen molar-refractivity contribution < 1.29 is 14.3 Å². The summed E-state index contributed by atoms with van der Waals surface area (Å²) in [6, 6.07) is 27.2. The Bertz CT molecular complexity index is 1700. The van der Waals surface area contributed by atoms with E-state index in [1.165, 1.54) is 12.8 Å². The molecule has 0 bridgehead atoms. The molecule has 9 nitrogen and oxygen atoms in total. The zero-order valence-corrected chi connectivity index (χ0v) is 23.5. The van der Waals surface area contributed by atoms with Gasteiger partial charge >= 0.3 is 0 Å². The molecule has 9 heteroatoms. The molecule has 0 radical (unpaired) electrons. The van der Waals surface area contributed by atoms with Crippen molar-refractivity contribution in [2.45, 2.75) is 18.9 Å². The maximum atomic E-state index is 12.8. The Balaban J connectivity index is 1.15. The third-order valence-electron chi connectivity index (χ3n) is 7.10. The number of fused-ring (bicyclic) bond motifs is 1. The number of carbonyl (C=O) groups excluding carboxylic acids is 1. The zero-order chi connectivity index (χ0) is 28.9. The van der Waals surface area contributed by atoms with Crippen LogP contribution in [0.1, 0.15) is 12.8 Å². The molecule has 3 aromatic carbocycles. The molecule has 6 rings (SSSR count). The Morgan fingerprint density at radius 1 is 0.952 bits per heavy atom. The molecule has 0 aliphatic heterocycles. The Morgan fingerprint density at radius 3 is 2.45 bits per heavy atom. The minimum atomic E-state index is -0.0802. The minimum Gasteiger partial charge on any atom is -0.457 e.